The van der Waals surface area contributed by atoms with E-state index in [1.807, 2.05) is 0 Å². The number of hydrogen-bond acceptors (Lipinski definition) is 5. The van der Waals surface area contributed by atoms with Crippen LogP contribution in [-0.2, 0) is 4.74 Å². The minimum atomic E-state index is -0.632. The van der Waals surface area contributed by atoms with E-state index >= 15 is 0 Å². The fraction of sp³-hybridized carbons (Fsp3) is 0.304. The first kappa shape index (κ1) is 21.7. The minimum Gasteiger partial charge on any atom is -0.450 e. The van der Waals surface area contributed by atoms with E-state index in [0.29, 0.717) is 63.5 Å². The average molecular weight is 494 g/mol. The Morgan fingerprint density at radius 2 is 1.72 bits per heavy atom. The van der Waals surface area contributed by atoms with Crippen molar-refractivity contribution in [3.63, 3.8) is 0 Å². The molecule has 3 aromatic rings. The van der Waals surface area contributed by atoms with Gasteiger partial charge in [0.2, 0.25) is 5.76 Å². The largest absolute Gasteiger partial charge is 0.450 e. The second-order valence-electron chi connectivity index (χ2n) is 7.84. The molecule has 0 saturated carbocycles. The lowest BCUT2D eigenvalue weighted by molar-refractivity contribution is 0.0314. The minimum absolute atomic E-state index is 0.0582. The molecule has 2 aromatic carbocycles. The van der Waals surface area contributed by atoms with Crippen molar-refractivity contribution in [1.29, 1.82) is 0 Å². The van der Waals surface area contributed by atoms with Crippen LogP contribution in [0.1, 0.15) is 27.7 Å². The van der Waals surface area contributed by atoms with Crippen molar-refractivity contribution in [2.24, 2.45) is 0 Å². The summed E-state index contributed by atoms with van der Waals surface area (Å²) in [7, 11) is 0. The van der Waals surface area contributed by atoms with Gasteiger partial charge >= 0.3 is 0 Å². The summed E-state index contributed by atoms with van der Waals surface area (Å²) < 4.78 is 11.3. The van der Waals surface area contributed by atoms with Gasteiger partial charge in [-0.25, -0.2) is 0 Å². The molecule has 2 aliphatic heterocycles. The Hall–Kier alpha value is -2.09. The zero-order chi connectivity index (χ0) is 22.4. The van der Waals surface area contributed by atoms with Crippen molar-refractivity contribution in [3.8, 4) is 0 Å². The number of nitrogens with zero attached hydrogens (tertiary/aromatic N) is 2. The molecule has 0 unspecified atom stereocenters. The van der Waals surface area contributed by atoms with Gasteiger partial charge in [-0.3, -0.25) is 14.5 Å². The van der Waals surface area contributed by atoms with Crippen LogP contribution in [0.15, 0.2) is 45.6 Å². The molecule has 0 radical (unpaired) electrons. The van der Waals surface area contributed by atoms with Gasteiger partial charge < -0.3 is 14.1 Å². The quantitative estimate of drug-likeness (QED) is 0.530. The fourth-order valence-electron chi connectivity index (χ4n) is 4.33. The Morgan fingerprint density at radius 3 is 2.47 bits per heavy atom. The van der Waals surface area contributed by atoms with Gasteiger partial charge in [0.1, 0.15) is 5.58 Å². The summed E-state index contributed by atoms with van der Waals surface area (Å²) in [5, 5.41) is 1.51. The number of carbonyl (C=O) groups is 1. The summed E-state index contributed by atoms with van der Waals surface area (Å²) in [6.45, 7) is 4.00. The molecule has 1 atom stereocenters. The second-order valence-corrected chi connectivity index (χ2v) is 9.09. The van der Waals surface area contributed by atoms with Crippen LogP contribution in [0, 0.1) is 0 Å². The number of morpholine rings is 1. The molecule has 9 heteroatoms. The molecule has 1 aromatic heterocycles. The molecule has 3 heterocycles. The maximum Gasteiger partial charge on any atom is 0.290 e. The highest BCUT2D eigenvalue weighted by atomic mass is 35.5. The van der Waals surface area contributed by atoms with E-state index in [1.165, 1.54) is 0 Å². The highest BCUT2D eigenvalue weighted by Crippen LogP contribution is 2.39. The Kier molecular flexibility index (Phi) is 5.90. The molecule has 0 bridgehead atoms. The number of benzene rings is 2. The maximum atomic E-state index is 13.5. The number of hydrogen-bond donors (Lipinski definition) is 0. The second kappa shape index (κ2) is 8.69. The molecule has 6 nitrogen and oxygen atoms in total. The number of rotatable bonds is 4. The summed E-state index contributed by atoms with van der Waals surface area (Å²) in [4.78, 5) is 30.9. The predicted octanol–water partition coefficient (Wildman–Crippen LogP) is 4.63. The van der Waals surface area contributed by atoms with Gasteiger partial charge in [-0.15, -0.1) is 0 Å². The summed E-state index contributed by atoms with van der Waals surface area (Å²) in [5.74, 6) is -0.263. The number of fused-ring (bicyclic) bond motifs is 2. The van der Waals surface area contributed by atoms with Crippen molar-refractivity contribution in [3.05, 3.63) is 78.6 Å². The standard InChI is InChI=1S/C23H19Cl3N2O4/c24-14-2-4-18-15(12-14)21(29)19-20(13-1-3-16(25)17(26)11-13)28(23(30)22(19)32-18)6-5-27-7-9-31-10-8-27/h1-4,11-12,20H,5-10H2/t20-/m0/s1. The Bertz CT molecular complexity index is 1270. The normalized spacial score (nSPS) is 19.0. The first-order chi connectivity index (χ1) is 15.4. The number of amides is 1. The zero-order valence-electron chi connectivity index (χ0n) is 16.9. The fourth-order valence-corrected chi connectivity index (χ4v) is 4.80. The summed E-state index contributed by atoms with van der Waals surface area (Å²) in [6.07, 6.45) is 0. The smallest absolute Gasteiger partial charge is 0.290 e. The van der Waals surface area contributed by atoms with Crippen LogP contribution in [0.3, 0.4) is 0 Å². The van der Waals surface area contributed by atoms with Crippen LogP contribution in [0.5, 0.6) is 0 Å². The van der Waals surface area contributed by atoms with E-state index in [2.05, 4.69) is 4.90 Å². The van der Waals surface area contributed by atoms with Crippen molar-refractivity contribution < 1.29 is 13.9 Å². The van der Waals surface area contributed by atoms with E-state index in [4.69, 9.17) is 44.0 Å². The van der Waals surface area contributed by atoms with Crippen molar-refractivity contribution in [2.75, 3.05) is 39.4 Å². The van der Waals surface area contributed by atoms with Crippen LogP contribution >= 0.6 is 34.8 Å². The third-order valence-electron chi connectivity index (χ3n) is 5.95. The zero-order valence-corrected chi connectivity index (χ0v) is 19.2. The Balaban J connectivity index is 1.62. The van der Waals surface area contributed by atoms with Gasteiger partial charge in [0, 0.05) is 31.2 Å². The Morgan fingerprint density at radius 1 is 0.938 bits per heavy atom. The average Bonchev–Trinajstić information content (AvgIpc) is 3.07. The first-order valence-corrected chi connectivity index (χ1v) is 11.4. The lowest BCUT2D eigenvalue weighted by Crippen LogP contribution is -2.42. The topological polar surface area (TPSA) is 63.0 Å². The molecule has 2 aliphatic rings. The maximum absolute atomic E-state index is 13.5. The molecule has 32 heavy (non-hydrogen) atoms. The van der Waals surface area contributed by atoms with Gasteiger partial charge in [-0.2, -0.15) is 0 Å². The number of halogens is 3. The van der Waals surface area contributed by atoms with Crippen LogP contribution in [0.25, 0.3) is 11.0 Å². The van der Waals surface area contributed by atoms with E-state index < -0.39 is 6.04 Å². The third kappa shape index (κ3) is 3.80. The molecular formula is C23H19Cl3N2O4. The highest BCUT2D eigenvalue weighted by molar-refractivity contribution is 6.42. The lowest BCUT2D eigenvalue weighted by atomic mass is 9.98. The van der Waals surface area contributed by atoms with Gasteiger partial charge in [0.05, 0.1) is 40.3 Å². The SMILES string of the molecule is O=C1c2oc3ccc(Cl)cc3c(=O)c2[C@H](c2ccc(Cl)c(Cl)c2)N1CCN1CCOCC1. The van der Waals surface area contributed by atoms with Crippen molar-refractivity contribution in [1.82, 2.24) is 9.80 Å². The van der Waals surface area contributed by atoms with E-state index in [-0.39, 0.29) is 17.1 Å². The molecule has 0 N–H and O–H groups in total. The first-order valence-electron chi connectivity index (χ1n) is 10.3. The van der Waals surface area contributed by atoms with Gasteiger partial charge in [0.15, 0.2) is 5.43 Å². The van der Waals surface area contributed by atoms with Crippen LogP contribution in [0.2, 0.25) is 15.1 Å². The highest BCUT2D eigenvalue weighted by Gasteiger charge is 2.42. The van der Waals surface area contributed by atoms with Gasteiger partial charge in [-0.05, 0) is 35.9 Å². The summed E-state index contributed by atoms with van der Waals surface area (Å²) in [6, 6.07) is 9.32. The van der Waals surface area contributed by atoms with E-state index in [9.17, 15) is 9.59 Å². The molecule has 1 fully saturated rings. The lowest BCUT2D eigenvalue weighted by Gasteiger charge is -2.31. The monoisotopic (exact) mass is 492 g/mol. The Labute approximate surface area is 199 Å². The molecule has 5 rings (SSSR count). The molecule has 1 saturated heterocycles. The predicted molar refractivity (Wildman–Crippen MR) is 124 cm³/mol. The third-order valence-corrected chi connectivity index (χ3v) is 6.92. The number of ether oxygens (including phenoxy) is 1. The van der Waals surface area contributed by atoms with E-state index in [1.54, 1.807) is 41.3 Å². The van der Waals surface area contributed by atoms with Crippen LogP contribution in [0.4, 0.5) is 0 Å². The summed E-state index contributed by atoms with van der Waals surface area (Å²) in [5.41, 5.74) is 1.05. The van der Waals surface area contributed by atoms with Crippen LogP contribution < -0.4 is 5.43 Å². The van der Waals surface area contributed by atoms with Gasteiger partial charge in [0.25, 0.3) is 5.91 Å². The molecule has 0 aliphatic carbocycles. The van der Waals surface area contributed by atoms with Crippen molar-refractivity contribution >= 4 is 51.7 Å². The van der Waals surface area contributed by atoms with E-state index in [0.717, 1.165) is 13.1 Å². The number of carbonyl (C=O) groups excluding carboxylic acids is 1. The van der Waals surface area contributed by atoms with Gasteiger partial charge in [-0.1, -0.05) is 40.9 Å². The molecule has 1 amide bonds. The molecule has 0 spiro atoms. The summed E-state index contributed by atoms with van der Waals surface area (Å²) >= 11 is 18.5. The molecule has 166 valence electrons. The van der Waals surface area contributed by atoms with Crippen molar-refractivity contribution in [2.45, 2.75) is 6.04 Å². The van der Waals surface area contributed by atoms with Crippen LogP contribution in [-0.4, -0.2) is 55.1 Å². The molecular weight excluding hydrogens is 475 g/mol.